The summed E-state index contributed by atoms with van der Waals surface area (Å²) in [7, 11) is 0. The number of benzene rings is 4. The van der Waals surface area contributed by atoms with Gasteiger partial charge in [-0.2, -0.15) is 13.2 Å². The van der Waals surface area contributed by atoms with Crippen LogP contribution < -0.4 is 5.32 Å². The molecule has 0 aliphatic rings. The van der Waals surface area contributed by atoms with Gasteiger partial charge in [0.05, 0.1) is 11.7 Å². The lowest BCUT2D eigenvalue weighted by molar-refractivity contribution is -0.147. The SMILES string of the molecule is CC(C)OC(=O)CCc1cc(-c2cc(C(C)N[C@H](C)c3cccc(Cl)c3)cc3ccccc23)ccc1C(F)(F)F. The molecule has 0 spiro atoms. The highest BCUT2D eigenvalue weighted by atomic mass is 35.5. The third-order valence-electron chi connectivity index (χ3n) is 6.92. The van der Waals surface area contributed by atoms with Crippen LogP contribution in [-0.4, -0.2) is 12.1 Å². The summed E-state index contributed by atoms with van der Waals surface area (Å²) in [5.74, 6) is -0.519. The lowest BCUT2D eigenvalue weighted by atomic mass is 9.90. The lowest BCUT2D eigenvalue weighted by Gasteiger charge is -2.23. The zero-order chi connectivity index (χ0) is 29.0. The predicted molar refractivity (Wildman–Crippen MR) is 155 cm³/mol. The summed E-state index contributed by atoms with van der Waals surface area (Å²) in [5.41, 5.74) is 2.89. The summed E-state index contributed by atoms with van der Waals surface area (Å²) in [6.07, 6.45) is -5.06. The molecule has 1 N–H and O–H groups in total. The second-order valence-corrected chi connectivity index (χ2v) is 10.8. The van der Waals surface area contributed by atoms with Gasteiger partial charge in [-0.15, -0.1) is 0 Å². The van der Waals surface area contributed by atoms with Gasteiger partial charge in [-0.3, -0.25) is 4.79 Å². The maximum Gasteiger partial charge on any atom is 0.416 e. The number of hydrogen-bond donors (Lipinski definition) is 1. The van der Waals surface area contributed by atoms with Gasteiger partial charge in [0.25, 0.3) is 0 Å². The summed E-state index contributed by atoms with van der Waals surface area (Å²) < 4.78 is 46.8. The van der Waals surface area contributed by atoms with Crippen molar-refractivity contribution in [3.05, 3.63) is 106 Å². The molecule has 4 rings (SSSR count). The zero-order valence-electron chi connectivity index (χ0n) is 23.0. The first kappa shape index (κ1) is 29.6. The summed E-state index contributed by atoms with van der Waals surface area (Å²) >= 11 is 6.19. The number of fused-ring (bicyclic) bond motifs is 1. The maximum absolute atomic E-state index is 13.9. The van der Waals surface area contributed by atoms with E-state index in [1.54, 1.807) is 19.9 Å². The minimum atomic E-state index is -4.53. The van der Waals surface area contributed by atoms with Crippen molar-refractivity contribution in [1.29, 1.82) is 0 Å². The standard InChI is InChI=1S/C33H33ClF3NO2/c1-20(2)40-32(39)15-13-26-16-25(12-14-31(26)33(35,36)37)30-19-27(17-24-8-5-6-11-29(24)30)22(4)38-21(3)23-9-7-10-28(34)18-23/h5-12,14,16-22,38H,13,15H2,1-4H3/t21-,22?/m1/s1. The van der Waals surface area contributed by atoms with Gasteiger partial charge < -0.3 is 10.1 Å². The van der Waals surface area contributed by atoms with Crippen LogP contribution in [0.4, 0.5) is 13.2 Å². The highest BCUT2D eigenvalue weighted by molar-refractivity contribution is 6.30. The predicted octanol–water partition coefficient (Wildman–Crippen LogP) is 9.47. The average Bonchev–Trinajstić information content (AvgIpc) is 2.90. The number of halogens is 4. The Hall–Kier alpha value is -3.35. The van der Waals surface area contributed by atoms with Crippen molar-refractivity contribution in [1.82, 2.24) is 5.32 Å². The zero-order valence-corrected chi connectivity index (χ0v) is 23.7. The van der Waals surface area contributed by atoms with Crippen LogP contribution in [0.25, 0.3) is 21.9 Å². The molecule has 7 heteroatoms. The highest BCUT2D eigenvalue weighted by Gasteiger charge is 2.33. The van der Waals surface area contributed by atoms with Gasteiger partial charge in [-0.1, -0.05) is 60.1 Å². The average molecular weight is 568 g/mol. The van der Waals surface area contributed by atoms with E-state index in [-0.39, 0.29) is 36.6 Å². The van der Waals surface area contributed by atoms with Crippen molar-refractivity contribution in [3.63, 3.8) is 0 Å². The van der Waals surface area contributed by atoms with Crippen LogP contribution >= 0.6 is 11.6 Å². The van der Waals surface area contributed by atoms with Crippen LogP contribution in [0.1, 0.15) is 68.5 Å². The van der Waals surface area contributed by atoms with Crippen LogP contribution in [0.15, 0.2) is 78.9 Å². The van der Waals surface area contributed by atoms with E-state index in [0.29, 0.717) is 10.6 Å². The van der Waals surface area contributed by atoms with E-state index in [9.17, 15) is 18.0 Å². The third-order valence-corrected chi connectivity index (χ3v) is 7.16. The Kier molecular flexibility index (Phi) is 9.22. The number of esters is 1. The van der Waals surface area contributed by atoms with E-state index in [1.807, 2.05) is 54.6 Å². The van der Waals surface area contributed by atoms with Crippen LogP contribution in [0.5, 0.6) is 0 Å². The number of hydrogen-bond acceptors (Lipinski definition) is 3. The minimum Gasteiger partial charge on any atom is -0.463 e. The molecule has 4 aromatic rings. The number of aryl methyl sites for hydroxylation is 1. The van der Waals surface area contributed by atoms with Crippen molar-refractivity contribution in [2.45, 2.75) is 64.9 Å². The fourth-order valence-corrected chi connectivity index (χ4v) is 5.17. The number of carbonyl (C=O) groups excluding carboxylic acids is 1. The van der Waals surface area contributed by atoms with Crippen LogP contribution in [0, 0.1) is 0 Å². The summed E-state index contributed by atoms with van der Waals surface area (Å²) in [6, 6.07) is 23.8. The first-order valence-electron chi connectivity index (χ1n) is 13.4. The molecular formula is C33H33ClF3NO2. The number of alkyl halides is 3. The van der Waals surface area contributed by atoms with Gasteiger partial charge in [-0.25, -0.2) is 0 Å². The molecule has 0 heterocycles. The summed E-state index contributed by atoms with van der Waals surface area (Å²) in [5, 5.41) is 6.21. The molecule has 0 aromatic heterocycles. The van der Waals surface area contributed by atoms with Crippen LogP contribution in [0.2, 0.25) is 5.02 Å². The van der Waals surface area contributed by atoms with E-state index in [0.717, 1.165) is 33.5 Å². The summed E-state index contributed by atoms with van der Waals surface area (Å²) in [6.45, 7) is 7.55. The van der Waals surface area contributed by atoms with E-state index in [4.69, 9.17) is 16.3 Å². The van der Waals surface area contributed by atoms with Gasteiger partial charge in [0.15, 0.2) is 0 Å². The normalized spacial score (nSPS) is 13.4. The molecule has 40 heavy (non-hydrogen) atoms. The molecule has 1 unspecified atom stereocenters. The van der Waals surface area contributed by atoms with Crippen molar-refractivity contribution in [2.24, 2.45) is 0 Å². The molecule has 0 saturated carbocycles. The molecule has 0 amide bonds. The number of rotatable bonds is 9. The molecule has 0 bridgehead atoms. The first-order valence-corrected chi connectivity index (χ1v) is 13.7. The van der Waals surface area contributed by atoms with E-state index >= 15 is 0 Å². The quantitative estimate of drug-likeness (QED) is 0.205. The molecule has 3 nitrogen and oxygen atoms in total. The van der Waals surface area contributed by atoms with E-state index < -0.39 is 17.7 Å². The van der Waals surface area contributed by atoms with Gasteiger partial charge in [0.2, 0.25) is 0 Å². The minimum absolute atomic E-state index is 0.0203. The smallest absolute Gasteiger partial charge is 0.416 e. The fourth-order valence-electron chi connectivity index (χ4n) is 4.97. The van der Waals surface area contributed by atoms with Crippen molar-refractivity contribution >= 4 is 28.3 Å². The molecule has 0 saturated heterocycles. The molecule has 0 radical (unpaired) electrons. The lowest BCUT2D eigenvalue weighted by Crippen LogP contribution is -2.22. The maximum atomic E-state index is 13.9. The second kappa shape index (κ2) is 12.4. The molecule has 0 aliphatic carbocycles. The van der Waals surface area contributed by atoms with Crippen molar-refractivity contribution in [2.75, 3.05) is 0 Å². The van der Waals surface area contributed by atoms with Crippen LogP contribution in [0.3, 0.4) is 0 Å². The van der Waals surface area contributed by atoms with E-state index in [2.05, 4.69) is 25.2 Å². The Bertz CT molecular complexity index is 1500. The Labute approximate surface area is 238 Å². The molecule has 0 aliphatic heterocycles. The molecular weight excluding hydrogens is 535 g/mol. The second-order valence-electron chi connectivity index (χ2n) is 10.4. The van der Waals surface area contributed by atoms with Crippen molar-refractivity contribution in [3.8, 4) is 11.1 Å². The fraction of sp³-hybridized carbons (Fsp3) is 0.303. The Morgan fingerprint density at radius 2 is 1.60 bits per heavy atom. The number of carbonyl (C=O) groups is 1. The van der Waals surface area contributed by atoms with Crippen molar-refractivity contribution < 1.29 is 22.7 Å². The molecule has 0 fully saturated rings. The third kappa shape index (κ3) is 7.23. The number of nitrogens with one attached hydrogen (secondary N) is 1. The molecule has 2 atom stereocenters. The van der Waals surface area contributed by atoms with E-state index in [1.165, 1.54) is 6.07 Å². The van der Waals surface area contributed by atoms with Gasteiger partial charge >= 0.3 is 12.1 Å². The highest BCUT2D eigenvalue weighted by Crippen LogP contribution is 2.38. The first-order chi connectivity index (χ1) is 18.9. The van der Waals surface area contributed by atoms with Gasteiger partial charge in [-0.05, 0) is 103 Å². The Morgan fingerprint density at radius 3 is 2.30 bits per heavy atom. The van der Waals surface area contributed by atoms with Crippen LogP contribution in [-0.2, 0) is 22.1 Å². The largest absolute Gasteiger partial charge is 0.463 e. The Morgan fingerprint density at radius 1 is 0.875 bits per heavy atom. The summed E-state index contributed by atoms with van der Waals surface area (Å²) in [4.78, 5) is 12.1. The van der Waals surface area contributed by atoms with Gasteiger partial charge in [0, 0.05) is 23.5 Å². The molecule has 210 valence electrons. The topological polar surface area (TPSA) is 38.3 Å². The molecule has 4 aromatic carbocycles. The Balaban J connectivity index is 1.72. The van der Waals surface area contributed by atoms with Gasteiger partial charge in [0.1, 0.15) is 0 Å². The monoisotopic (exact) mass is 567 g/mol. The number of ether oxygens (including phenoxy) is 1.